The Hall–Kier alpha value is -0.270. The number of alkyl halides is 2. The maximum atomic E-state index is 12.6. The molecule has 0 aliphatic carbocycles. The summed E-state index contributed by atoms with van der Waals surface area (Å²) in [5.41, 5.74) is -0.542. The van der Waals surface area contributed by atoms with Crippen molar-refractivity contribution in [2.75, 3.05) is 0 Å². The van der Waals surface area contributed by atoms with Crippen LogP contribution in [0.25, 0.3) is 0 Å². The van der Waals surface area contributed by atoms with Crippen molar-refractivity contribution < 1.29 is 17.2 Å². The maximum absolute atomic E-state index is 12.6. The van der Waals surface area contributed by atoms with Crippen molar-refractivity contribution >= 4 is 35.7 Å². The van der Waals surface area contributed by atoms with Gasteiger partial charge in [-0.15, -0.1) is 0 Å². The van der Waals surface area contributed by atoms with E-state index in [2.05, 4.69) is 20.9 Å². The van der Waals surface area contributed by atoms with Crippen LogP contribution in [0.2, 0.25) is 0 Å². The molecule has 8 heteroatoms. The van der Waals surface area contributed by atoms with E-state index in [-0.39, 0.29) is 10.2 Å². The number of pyridine rings is 1. The fourth-order valence-electron chi connectivity index (χ4n) is 1.08. The largest absolute Gasteiger partial charge is 0.265 e. The number of hydrogen-bond donors (Lipinski definition) is 0. The van der Waals surface area contributed by atoms with Gasteiger partial charge in [-0.05, 0) is 28.4 Å². The van der Waals surface area contributed by atoms with Gasteiger partial charge in [0.05, 0.1) is 0 Å². The van der Waals surface area contributed by atoms with Gasteiger partial charge in [0.15, 0.2) is 0 Å². The standard InChI is InChI=1S/C7H5BrClF2NO2S/c1-3-2-12-6(8)5(15(9,13)14)4(3)7(10)11/h2,7H,1H3. The molecule has 0 saturated carbocycles. The zero-order valence-corrected chi connectivity index (χ0v) is 10.5. The van der Waals surface area contributed by atoms with Gasteiger partial charge >= 0.3 is 0 Å². The summed E-state index contributed by atoms with van der Waals surface area (Å²) in [7, 11) is 0.805. The van der Waals surface area contributed by atoms with E-state index >= 15 is 0 Å². The molecule has 0 fully saturated rings. The van der Waals surface area contributed by atoms with Gasteiger partial charge in [-0.2, -0.15) is 0 Å². The van der Waals surface area contributed by atoms with Crippen LogP contribution in [-0.2, 0) is 9.05 Å². The predicted molar refractivity (Wildman–Crippen MR) is 54.7 cm³/mol. The van der Waals surface area contributed by atoms with Gasteiger partial charge in [-0.25, -0.2) is 22.2 Å². The predicted octanol–water partition coefficient (Wildman–Crippen LogP) is 3.02. The van der Waals surface area contributed by atoms with E-state index in [0.717, 1.165) is 6.20 Å². The Morgan fingerprint density at radius 1 is 1.53 bits per heavy atom. The summed E-state index contributed by atoms with van der Waals surface area (Å²) in [6.07, 6.45) is -1.77. The SMILES string of the molecule is Cc1cnc(Br)c(S(=O)(=O)Cl)c1C(F)F. The molecule has 0 unspecified atom stereocenters. The summed E-state index contributed by atoms with van der Waals surface area (Å²) < 4.78 is 47.2. The van der Waals surface area contributed by atoms with Crippen LogP contribution in [0.5, 0.6) is 0 Å². The van der Waals surface area contributed by atoms with Crippen molar-refractivity contribution in [3.05, 3.63) is 21.9 Å². The molecule has 0 aliphatic rings. The van der Waals surface area contributed by atoms with Crippen LogP contribution in [-0.4, -0.2) is 13.4 Å². The quantitative estimate of drug-likeness (QED) is 0.621. The lowest BCUT2D eigenvalue weighted by molar-refractivity contribution is 0.147. The first-order chi connectivity index (χ1) is 6.75. The zero-order valence-electron chi connectivity index (χ0n) is 7.34. The molecule has 1 aromatic rings. The molecule has 0 aliphatic heterocycles. The Kier molecular flexibility index (Phi) is 3.67. The van der Waals surface area contributed by atoms with Gasteiger partial charge in [-0.3, -0.25) is 0 Å². The molecule has 1 aromatic heterocycles. The van der Waals surface area contributed by atoms with E-state index < -0.39 is 25.9 Å². The molecule has 84 valence electrons. The van der Waals surface area contributed by atoms with E-state index in [1.807, 2.05) is 0 Å². The molecular formula is C7H5BrClF2NO2S. The normalized spacial score (nSPS) is 12.1. The Morgan fingerprint density at radius 3 is 2.40 bits per heavy atom. The average Bonchev–Trinajstić information content (AvgIpc) is 2.05. The first kappa shape index (κ1) is 12.8. The Balaban J connectivity index is 3.68. The second-order valence-electron chi connectivity index (χ2n) is 2.71. The Labute approximate surface area is 98.0 Å². The van der Waals surface area contributed by atoms with Crippen LogP contribution in [0.15, 0.2) is 15.7 Å². The second kappa shape index (κ2) is 4.31. The fraction of sp³-hybridized carbons (Fsp3) is 0.286. The van der Waals surface area contributed by atoms with Crippen LogP contribution < -0.4 is 0 Å². The van der Waals surface area contributed by atoms with E-state index in [0.29, 0.717) is 0 Å². The maximum Gasteiger partial charge on any atom is 0.265 e. The zero-order chi connectivity index (χ0) is 11.8. The van der Waals surface area contributed by atoms with Gasteiger partial charge in [0.2, 0.25) is 0 Å². The average molecular weight is 321 g/mol. The van der Waals surface area contributed by atoms with Crippen LogP contribution in [0.4, 0.5) is 8.78 Å². The topological polar surface area (TPSA) is 47.0 Å². The van der Waals surface area contributed by atoms with Crippen molar-refractivity contribution in [3.63, 3.8) is 0 Å². The summed E-state index contributed by atoms with van der Waals surface area (Å²) in [5.74, 6) is 0. The van der Waals surface area contributed by atoms with Crippen molar-refractivity contribution in [3.8, 4) is 0 Å². The lowest BCUT2D eigenvalue weighted by Gasteiger charge is -2.10. The number of aromatic nitrogens is 1. The highest BCUT2D eigenvalue weighted by Crippen LogP contribution is 2.35. The minimum atomic E-state index is -4.25. The number of nitrogens with zero attached hydrogens (tertiary/aromatic N) is 1. The molecule has 0 amide bonds. The Morgan fingerprint density at radius 2 is 2.07 bits per heavy atom. The Bertz CT molecular complexity index is 492. The molecule has 0 aromatic carbocycles. The molecule has 0 atom stereocenters. The molecule has 1 rings (SSSR count). The molecule has 0 radical (unpaired) electrons. The van der Waals surface area contributed by atoms with Crippen molar-refractivity contribution in [1.29, 1.82) is 0 Å². The summed E-state index contributed by atoms with van der Waals surface area (Å²) in [5, 5.41) is 0. The smallest absolute Gasteiger partial charge is 0.248 e. The third-order valence-corrected chi connectivity index (χ3v) is 3.92. The van der Waals surface area contributed by atoms with Gasteiger partial charge in [0.25, 0.3) is 15.5 Å². The second-order valence-corrected chi connectivity index (χ2v) is 5.97. The highest BCUT2D eigenvalue weighted by Gasteiger charge is 2.27. The highest BCUT2D eigenvalue weighted by atomic mass is 79.9. The molecule has 0 saturated heterocycles. The molecular weight excluding hydrogens is 316 g/mol. The third-order valence-electron chi connectivity index (χ3n) is 1.69. The summed E-state index contributed by atoms with van der Waals surface area (Å²) in [6, 6.07) is 0. The number of rotatable bonds is 2. The van der Waals surface area contributed by atoms with Crippen molar-refractivity contribution in [1.82, 2.24) is 4.98 Å². The van der Waals surface area contributed by atoms with Crippen molar-refractivity contribution in [2.24, 2.45) is 0 Å². The van der Waals surface area contributed by atoms with E-state index in [1.54, 1.807) is 0 Å². The van der Waals surface area contributed by atoms with Gasteiger partial charge in [-0.1, -0.05) is 0 Å². The van der Waals surface area contributed by atoms with E-state index in [9.17, 15) is 17.2 Å². The molecule has 15 heavy (non-hydrogen) atoms. The summed E-state index contributed by atoms with van der Waals surface area (Å²) >= 11 is 2.78. The van der Waals surface area contributed by atoms with E-state index in [4.69, 9.17) is 10.7 Å². The minimum absolute atomic E-state index is 0.0763. The lowest BCUT2D eigenvalue weighted by Crippen LogP contribution is -2.04. The molecule has 1 heterocycles. The van der Waals surface area contributed by atoms with Crippen LogP contribution >= 0.6 is 26.6 Å². The highest BCUT2D eigenvalue weighted by molar-refractivity contribution is 9.10. The molecule has 3 nitrogen and oxygen atoms in total. The minimum Gasteiger partial charge on any atom is -0.248 e. The first-order valence-corrected chi connectivity index (χ1v) is 6.73. The van der Waals surface area contributed by atoms with Crippen molar-refractivity contribution in [2.45, 2.75) is 18.2 Å². The summed E-state index contributed by atoms with van der Waals surface area (Å²) in [4.78, 5) is 2.94. The third kappa shape index (κ3) is 2.64. The monoisotopic (exact) mass is 319 g/mol. The van der Waals surface area contributed by atoms with Crippen LogP contribution in [0.3, 0.4) is 0 Å². The number of hydrogen-bond acceptors (Lipinski definition) is 3. The van der Waals surface area contributed by atoms with Gasteiger partial charge in [0.1, 0.15) is 9.50 Å². The first-order valence-electron chi connectivity index (χ1n) is 3.63. The fourth-order valence-corrected chi connectivity index (χ4v) is 3.55. The van der Waals surface area contributed by atoms with Gasteiger partial charge in [0, 0.05) is 22.4 Å². The number of aryl methyl sites for hydroxylation is 1. The van der Waals surface area contributed by atoms with E-state index in [1.165, 1.54) is 6.92 Å². The molecule has 0 spiro atoms. The van der Waals surface area contributed by atoms with Gasteiger partial charge < -0.3 is 0 Å². The molecule has 0 N–H and O–H groups in total. The van der Waals surface area contributed by atoms with Crippen LogP contribution in [0.1, 0.15) is 17.6 Å². The molecule has 0 bridgehead atoms. The summed E-state index contributed by atoms with van der Waals surface area (Å²) in [6.45, 7) is 1.34. The van der Waals surface area contributed by atoms with Crippen LogP contribution in [0, 0.1) is 6.92 Å². The lowest BCUT2D eigenvalue weighted by atomic mass is 10.2. The number of halogens is 4.